The van der Waals surface area contributed by atoms with Crippen LogP contribution in [0.3, 0.4) is 0 Å². The number of benzene rings is 1. The van der Waals surface area contributed by atoms with Gasteiger partial charge >= 0.3 is 0 Å². The molecule has 0 bridgehead atoms. The van der Waals surface area contributed by atoms with Crippen molar-refractivity contribution in [3.8, 4) is 0 Å². The molecule has 0 aliphatic carbocycles. The predicted octanol–water partition coefficient (Wildman–Crippen LogP) is 5.60. The van der Waals surface area contributed by atoms with E-state index in [4.69, 9.17) is 0 Å². The Bertz CT molecular complexity index is 330. The van der Waals surface area contributed by atoms with Gasteiger partial charge in [0.2, 0.25) is 0 Å². The van der Waals surface area contributed by atoms with Gasteiger partial charge in [0.1, 0.15) is 5.82 Å². The van der Waals surface area contributed by atoms with Gasteiger partial charge < -0.3 is 0 Å². The molecular weight excluding hydrogens is 211 g/mol. The van der Waals surface area contributed by atoms with E-state index in [1.165, 1.54) is 37.7 Å². The molecule has 0 aliphatic rings. The molecule has 0 aromatic heterocycles. The van der Waals surface area contributed by atoms with Crippen molar-refractivity contribution >= 4 is 0 Å². The third kappa shape index (κ3) is 4.49. The van der Waals surface area contributed by atoms with Crippen molar-refractivity contribution in [3.63, 3.8) is 0 Å². The van der Waals surface area contributed by atoms with Gasteiger partial charge in [-0.05, 0) is 42.9 Å². The van der Waals surface area contributed by atoms with Crippen molar-refractivity contribution < 1.29 is 4.39 Å². The van der Waals surface area contributed by atoms with Gasteiger partial charge in [-0.25, -0.2) is 4.39 Å². The summed E-state index contributed by atoms with van der Waals surface area (Å²) in [4.78, 5) is 0. The summed E-state index contributed by atoms with van der Waals surface area (Å²) in [7, 11) is 0. The fourth-order valence-corrected chi connectivity index (χ4v) is 2.35. The molecule has 96 valence electrons. The first-order valence-corrected chi connectivity index (χ1v) is 6.95. The first-order valence-electron chi connectivity index (χ1n) is 6.95. The van der Waals surface area contributed by atoms with Gasteiger partial charge in [-0.3, -0.25) is 0 Å². The molecule has 1 atom stereocenters. The van der Waals surface area contributed by atoms with Crippen LogP contribution in [0.2, 0.25) is 0 Å². The maximum absolute atomic E-state index is 13.2. The topological polar surface area (TPSA) is 0 Å². The molecule has 1 aromatic rings. The Balaban J connectivity index is 2.56. The van der Waals surface area contributed by atoms with Crippen molar-refractivity contribution in [2.24, 2.45) is 0 Å². The van der Waals surface area contributed by atoms with Crippen molar-refractivity contribution in [2.75, 3.05) is 0 Å². The highest BCUT2D eigenvalue weighted by atomic mass is 19.1. The van der Waals surface area contributed by atoms with Crippen LogP contribution in [0, 0.1) is 12.7 Å². The van der Waals surface area contributed by atoms with Gasteiger partial charge in [0.25, 0.3) is 0 Å². The zero-order valence-corrected chi connectivity index (χ0v) is 11.4. The molecule has 0 radical (unpaired) electrons. The molecule has 1 rings (SSSR count). The molecular formula is C16H25F. The van der Waals surface area contributed by atoms with Crippen molar-refractivity contribution in [3.05, 3.63) is 35.1 Å². The molecule has 0 spiro atoms. The largest absolute Gasteiger partial charge is 0.207 e. The fourth-order valence-electron chi connectivity index (χ4n) is 2.35. The van der Waals surface area contributed by atoms with Gasteiger partial charge in [0.05, 0.1) is 0 Å². The molecule has 0 heterocycles. The lowest BCUT2D eigenvalue weighted by Crippen LogP contribution is -1.99. The lowest BCUT2D eigenvalue weighted by Gasteiger charge is -2.16. The quantitative estimate of drug-likeness (QED) is 0.541. The standard InChI is InChI=1S/C16H25F/c1-4-6-7-8-9-14(5-2)15-10-11-16(17)13(3)12-15/h10-12,14H,4-9H2,1-3H3. The van der Waals surface area contributed by atoms with Gasteiger partial charge in [-0.2, -0.15) is 0 Å². The zero-order chi connectivity index (χ0) is 12.7. The molecule has 17 heavy (non-hydrogen) atoms. The number of halogens is 1. The van der Waals surface area contributed by atoms with Crippen LogP contribution in [0.25, 0.3) is 0 Å². The minimum absolute atomic E-state index is 0.0883. The molecule has 0 aliphatic heterocycles. The second-order valence-corrected chi connectivity index (χ2v) is 4.96. The van der Waals surface area contributed by atoms with Crippen LogP contribution in [-0.4, -0.2) is 0 Å². The van der Waals surface area contributed by atoms with Crippen LogP contribution in [-0.2, 0) is 0 Å². The molecule has 1 unspecified atom stereocenters. The van der Waals surface area contributed by atoms with Crippen molar-refractivity contribution in [2.45, 2.75) is 65.2 Å². The van der Waals surface area contributed by atoms with E-state index in [0.29, 0.717) is 5.92 Å². The average molecular weight is 236 g/mol. The highest BCUT2D eigenvalue weighted by Gasteiger charge is 2.10. The average Bonchev–Trinajstić information content (AvgIpc) is 2.33. The summed E-state index contributed by atoms with van der Waals surface area (Å²) in [5.74, 6) is 0.515. The predicted molar refractivity (Wildman–Crippen MR) is 72.9 cm³/mol. The Morgan fingerprint density at radius 3 is 2.47 bits per heavy atom. The van der Waals surface area contributed by atoms with Crippen LogP contribution >= 0.6 is 0 Å². The Labute approximate surface area is 105 Å². The summed E-state index contributed by atoms with van der Waals surface area (Å²) >= 11 is 0. The summed E-state index contributed by atoms with van der Waals surface area (Å²) in [6.07, 6.45) is 7.63. The van der Waals surface area contributed by atoms with Crippen molar-refractivity contribution in [1.29, 1.82) is 0 Å². The van der Waals surface area contributed by atoms with Crippen LogP contribution in [0.5, 0.6) is 0 Å². The third-order valence-corrected chi connectivity index (χ3v) is 3.55. The number of hydrogen-bond donors (Lipinski definition) is 0. The molecule has 0 amide bonds. The molecule has 0 nitrogen and oxygen atoms in total. The van der Waals surface area contributed by atoms with E-state index in [1.807, 2.05) is 19.1 Å². The SMILES string of the molecule is CCCCCCC(CC)c1ccc(F)c(C)c1. The first kappa shape index (κ1) is 14.2. The molecule has 0 saturated heterocycles. The van der Waals surface area contributed by atoms with Crippen LogP contribution in [0.1, 0.15) is 69.4 Å². The van der Waals surface area contributed by atoms with Crippen LogP contribution in [0.4, 0.5) is 4.39 Å². The van der Waals surface area contributed by atoms with Gasteiger partial charge in [-0.1, -0.05) is 51.7 Å². The Morgan fingerprint density at radius 2 is 1.88 bits per heavy atom. The first-order chi connectivity index (χ1) is 8.19. The van der Waals surface area contributed by atoms with Crippen molar-refractivity contribution in [1.82, 2.24) is 0 Å². The minimum atomic E-state index is -0.0883. The van der Waals surface area contributed by atoms with Crippen LogP contribution in [0.15, 0.2) is 18.2 Å². The van der Waals surface area contributed by atoms with E-state index < -0.39 is 0 Å². The second kappa shape index (κ2) is 7.47. The maximum atomic E-state index is 13.2. The Morgan fingerprint density at radius 1 is 1.12 bits per heavy atom. The van der Waals surface area contributed by atoms with E-state index in [1.54, 1.807) is 6.07 Å². The summed E-state index contributed by atoms with van der Waals surface area (Å²) < 4.78 is 13.2. The lowest BCUT2D eigenvalue weighted by atomic mass is 9.90. The second-order valence-electron chi connectivity index (χ2n) is 4.96. The molecule has 0 N–H and O–H groups in total. The van der Waals surface area contributed by atoms with E-state index in [2.05, 4.69) is 13.8 Å². The lowest BCUT2D eigenvalue weighted by molar-refractivity contribution is 0.540. The summed E-state index contributed by atoms with van der Waals surface area (Å²) in [6.45, 7) is 6.31. The highest BCUT2D eigenvalue weighted by molar-refractivity contribution is 5.26. The minimum Gasteiger partial charge on any atom is -0.207 e. The monoisotopic (exact) mass is 236 g/mol. The van der Waals surface area contributed by atoms with E-state index in [0.717, 1.165) is 12.0 Å². The van der Waals surface area contributed by atoms with E-state index in [-0.39, 0.29) is 5.82 Å². The summed E-state index contributed by atoms with van der Waals surface area (Å²) in [5, 5.41) is 0. The third-order valence-electron chi connectivity index (χ3n) is 3.55. The van der Waals surface area contributed by atoms with Gasteiger partial charge in [0.15, 0.2) is 0 Å². The smallest absolute Gasteiger partial charge is 0.126 e. The van der Waals surface area contributed by atoms with Gasteiger partial charge in [0, 0.05) is 0 Å². The summed E-state index contributed by atoms with van der Waals surface area (Å²) in [5.41, 5.74) is 2.08. The molecule has 1 aromatic carbocycles. The molecule has 1 heteroatoms. The number of rotatable bonds is 7. The molecule has 0 fully saturated rings. The Hall–Kier alpha value is -0.850. The number of aryl methyl sites for hydroxylation is 1. The summed E-state index contributed by atoms with van der Waals surface area (Å²) in [6, 6.07) is 5.58. The normalized spacial score (nSPS) is 12.7. The van der Waals surface area contributed by atoms with E-state index >= 15 is 0 Å². The number of hydrogen-bond acceptors (Lipinski definition) is 0. The maximum Gasteiger partial charge on any atom is 0.126 e. The highest BCUT2D eigenvalue weighted by Crippen LogP contribution is 2.27. The molecule has 0 saturated carbocycles. The van der Waals surface area contributed by atoms with Gasteiger partial charge in [-0.15, -0.1) is 0 Å². The number of unbranched alkanes of at least 4 members (excludes halogenated alkanes) is 3. The van der Waals surface area contributed by atoms with Crippen LogP contribution < -0.4 is 0 Å². The fraction of sp³-hybridized carbons (Fsp3) is 0.625. The zero-order valence-electron chi connectivity index (χ0n) is 11.4. The Kier molecular flexibility index (Phi) is 6.25. The van der Waals surface area contributed by atoms with E-state index in [9.17, 15) is 4.39 Å².